The fraction of sp³-hybridized carbons (Fsp3) is 0.400. The van der Waals surface area contributed by atoms with Gasteiger partial charge in [0.1, 0.15) is 0 Å². The molecular formula is C20H24F2N2O5. The normalized spacial score (nSPS) is 16.6. The number of halogens is 2. The lowest BCUT2D eigenvalue weighted by atomic mass is 9.94. The number of alkyl halides is 2. The summed E-state index contributed by atoms with van der Waals surface area (Å²) in [5, 5.41) is 2.75. The highest BCUT2D eigenvalue weighted by atomic mass is 19.3. The average molecular weight is 410 g/mol. The van der Waals surface area contributed by atoms with Crippen molar-refractivity contribution in [1.29, 1.82) is 0 Å². The highest BCUT2D eigenvalue weighted by Crippen LogP contribution is 2.36. The summed E-state index contributed by atoms with van der Waals surface area (Å²) in [6, 6.07) is 2.99. The molecule has 0 saturated heterocycles. The van der Waals surface area contributed by atoms with E-state index < -0.39 is 24.7 Å². The molecule has 7 nitrogen and oxygen atoms in total. The second-order valence-electron chi connectivity index (χ2n) is 6.02. The third kappa shape index (κ3) is 5.04. The molecule has 1 N–H and O–H groups in total. The maximum absolute atomic E-state index is 12.6. The minimum absolute atomic E-state index is 0.0777. The number of benzene rings is 1. The largest absolute Gasteiger partial charge is 0.490 e. The number of carbonyl (C=O) groups excluding carboxylic acids is 2. The van der Waals surface area contributed by atoms with Crippen LogP contribution in [-0.2, 0) is 9.53 Å². The Morgan fingerprint density at radius 2 is 2.03 bits per heavy atom. The maximum Gasteiger partial charge on any atom is 0.387 e. The number of nitrogens with one attached hydrogen (secondary N) is 1. The van der Waals surface area contributed by atoms with Crippen molar-refractivity contribution in [3.63, 3.8) is 0 Å². The number of hydrogen-bond donors (Lipinski definition) is 1. The summed E-state index contributed by atoms with van der Waals surface area (Å²) in [7, 11) is 0. The summed E-state index contributed by atoms with van der Waals surface area (Å²) in [4.78, 5) is 26.6. The smallest absolute Gasteiger partial charge is 0.387 e. The van der Waals surface area contributed by atoms with Crippen molar-refractivity contribution in [2.75, 3.05) is 19.8 Å². The number of carbonyl (C=O) groups is 2. The van der Waals surface area contributed by atoms with Gasteiger partial charge in [-0.15, -0.1) is 6.58 Å². The Bertz CT molecular complexity index is 810. The van der Waals surface area contributed by atoms with Gasteiger partial charge in [-0.3, -0.25) is 4.90 Å². The van der Waals surface area contributed by atoms with Crippen molar-refractivity contribution in [1.82, 2.24) is 10.2 Å². The van der Waals surface area contributed by atoms with Crippen LogP contribution < -0.4 is 14.8 Å². The third-order valence-electron chi connectivity index (χ3n) is 4.22. The van der Waals surface area contributed by atoms with Crippen LogP contribution in [0.3, 0.4) is 0 Å². The van der Waals surface area contributed by atoms with Crippen molar-refractivity contribution in [3.05, 3.63) is 47.7 Å². The number of amides is 2. The van der Waals surface area contributed by atoms with Crippen molar-refractivity contribution < 1.29 is 32.6 Å². The summed E-state index contributed by atoms with van der Waals surface area (Å²) in [5.41, 5.74) is 1.12. The summed E-state index contributed by atoms with van der Waals surface area (Å²) < 4.78 is 40.3. The molecule has 1 heterocycles. The van der Waals surface area contributed by atoms with E-state index in [0.29, 0.717) is 11.3 Å². The summed E-state index contributed by atoms with van der Waals surface area (Å²) in [6.07, 6.45) is 1.54. The summed E-state index contributed by atoms with van der Waals surface area (Å²) in [6.45, 7) is 6.19. The number of allylic oxidation sites excluding steroid dienone is 1. The molecular weight excluding hydrogens is 386 g/mol. The van der Waals surface area contributed by atoms with Crippen molar-refractivity contribution >= 4 is 12.0 Å². The van der Waals surface area contributed by atoms with Gasteiger partial charge in [-0.05, 0) is 38.5 Å². The predicted molar refractivity (Wildman–Crippen MR) is 102 cm³/mol. The Labute approximate surface area is 167 Å². The zero-order valence-corrected chi connectivity index (χ0v) is 16.5. The topological polar surface area (TPSA) is 77.1 Å². The molecule has 9 heteroatoms. The molecule has 2 amide bonds. The molecule has 1 aliphatic heterocycles. The number of hydrogen-bond acceptors (Lipinski definition) is 5. The zero-order chi connectivity index (χ0) is 21.6. The van der Waals surface area contributed by atoms with E-state index in [1.54, 1.807) is 20.8 Å². The number of urea groups is 1. The molecule has 1 aliphatic rings. The zero-order valence-electron chi connectivity index (χ0n) is 16.5. The van der Waals surface area contributed by atoms with Gasteiger partial charge in [0.05, 0.1) is 24.8 Å². The van der Waals surface area contributed by atoms with Gasteiger partial charge in [0, 0.05) is 12.2 Å². The average Bonchev–Trinajstić information content (AvgIpc) is 2.66. The molecule has 0 unspecified atom stereocenters. The molecule has 0 fully saturated rings. The van der Waals surface area contributed by atoms with Crippen molar-refractivity contribution in [3.8, 4) is 11.5 Å². The minimum atomic E-state index is -3.01. The maximum atomic E-state index is 12.6. The van der Waals surface area contributed by atoms with Crippen molar-refractivity contribution in [2.45, 2.75) is 33.4 Å². The van der Waals surface area contributed by atoms with Crippen LogP contribution in [0.4, 0.5) is 13.6 Å². The van der Waals surface area contributed by atoms with Crippen LogP contribution in [0, 0.1) is 0 Å². The van der Waals surface area contributed by atoms with Crippen LogP contribution >= 0.6 is 0 Å². The van der Waals surface area contributed by atoms with Gasteiger partial charge in [-0.1, -0.05) is 12.1 Å². The second-order valence-corrected chi connectivity index (χ2v) is 6.02. The number of ether oxygens (including phenoxy) is 3. The monoisotopic (exact) mass is 410 g/mol. The molecule has 1 atom stereocenters. The fourth-order valence-corrected chi connectivity index (χ4v) is 3.02. The summed E-state index contributed by atoms with van der Waals surface area (Å²) >= 11 is 0. The first kappa shape index (κ1) is 22.2. The van der Waals surface area contributed by atoms with Crippen LogP contribution in [0.15, 0.2) is 42.1 Å². The van der Waals surface area contributed by atoms with Crippen LogP contribution in [0.1, 0.15) is 32.4 Å². The molecule has 2 rings (SSSR count). The Balaban J connectivity index is 2.54. The Hall–Kier alpha value is -3.10. The predicted octanol–water partition coefficient (Wildman–Crippen LogP) is 3.78. The van der Waals surface area contributed by atoms with Crippen LogP contribution in [-0.4, -0.2) is 43.3 Å². The van der Waals surface area contributed by atoms with Gasteiger partial charge in [0.15, 0.2) is 11.5 Å². The third-order valence-corrected chi connectivity index (χ3v) is 4.22. The molecule has 29 heavy (non-hydrogen) atoms. The SMILES string of the molecule is C=CCN1C(=O)N[C@H](c2ccc(OC(F)F)c(OCC)c2)C(C(=O)OCC)=C1C. The standard InChI is InChI=1S/C20H24F2N2O5/c1-5-10-24-12(4)16(18(25)28-7-3)17(23-20(24)26)13-8-9-14(29-19(21)22)15(11-13)27-6-2/h5,8-9,11,17,19H,1,6-7,10H2,2-4H3,(H,23,26)/t17-/m1/s1. The van der Waals surface area contributed by atoms with Gasteiger partial charge >= 0.3 is 18.6 Å². The van der Waals surface area contributed by atoms with E-state index in [2.05, 4.69) is 16.6 Å². The van der Waals surface area contributed by atoms with Crippen LogP contribution in [0.25, 0.3) is 0 Å². The lowest BCUT2D eigenvalue weighted by Gasteiger charge is -2.35. The molecule has 0 bridgehead atoms. The minimum Gasteiger partial charge on any atom is -0.490 e. The lowest BCUT2D eigenvalue weighted by molar-refractivity contribution is -0.139. The molecule has 1 aromatic rings. The van der Waals surface area contributed by atoms with E-state index in [-0.39, 0.29) is 36.8 Å². The highest BCUT2D eigenvalue weighted by molar-refractivity contribution is 5.95. The van der Waals surface area contributed by atoms with Crippen LogP contribution in [0.2, 0.25) is 0 Å². The fourth-order valence-electron chi connectivity index (χ4n) is 3.02. The first-order valence-electron chi connectivity index (χ1n) is 9.12. The molecule has 1 aromatic carbocycles. The number of rotatable bonds is 9. The Morgan fingerprint density at radius 3 is 2.62 bits per heavy atom. The highest BCUT2D eigenvalue weighted by Gasteiger charge is 2.36. The molecule has 158 valence electrons. The quantitative estimate of drug-likeness (QED) is 0.495. The molecule has 0 aromatic heterocycles. The van der Waals surface area contributed by atoms with E-state index >= 15 is 0 Å². The van der Waals surface area contributed by atoms with E-state index in [0.717, 1.165) is 0 Å². The Morgan fingerprint density at radius 1 is 1.31 bits per heavy atom. The number of nitrogens with zero attached hydrogens (tertiary/aromatic N) is 1. The number of esters is 1. The van der Waals surface area contributed by atoms with Crippen molar-refractivity contribution in [2.24, 2.45) is 0 Å². The van der Waals surface area contributed by atoms with Gasteiger partial charge < -0.3 is 19.5 Å². The summed E-state index contributed by atoms with van der Waals surface area (Å²) in [5.74, 6) is -0.650. The van der Waals surface area contributed by atoms with Gasteiger partial charge in [0.25, 0.3) is 0 Å². The first-order valence-corrected chi connectivity index (χ1v) is 9.12. The second kappa shape index (κ2) is 9.90. The Kier molecular flexibility index (Phi) is 7.58. The molecule has 0 aliphatic carbocycles. The van der Waals surface area contributed by atoms with Gasteiger partial charge in [-0.25, -0.2) is 9.59 Å². The molecule has 0 radical (unpaired) electrons. The van der Waals surface area contributed by atoms with E-state index in [9.17, 15) is 18.4 Å². The van der Waals surface area contributed by atoms with E-state index in [1.165, 1.54) is 29.2 Å². The molecule has 0 spiro atoms. The lowest BCUT2D eigenvalue weighted by Crippen LogP contribution is -2.48. The van der Waals surface area contributed by atoms with E-state index in [1.807, 2.05) is 0 Å². The van der Waals surface area contributed by atoms with Gasteiger partial charge in [0.2, 0.25) is 0 Å². The van der Waals surface area contributed by atoms with Crippen LogP contribution in [0.5, 0.6) is 11.5 Å². The van der Waals surface area contributed by atoms with E-state index in [4.69, 9.17) is 9.47 Å². The first-order chi connectivity index (χ1) is 13.8. The molecule has 0 saturated carbocycles. The van der Waals surface area contributed by atoms with Gasteiger partial charge in [-0.2, -0.15) is 8.78 Å².